The molecule has 2 aromatic heterocycles. The number of benzene rings is 1. The van der Waals surface area contributed by atoms with E-state index >= 15 is 0 Å². The van der Waals surface area contributed by atoms with Crippen molar-refractivity contribution in [1.82, 2.24) is 20.2 Å². The monoisotopic (exact) mass is 684 g/mol. The van der Waals surface area contributed by atoms with Crippen LogP contribution in [0.25, 0.3) is 0 Å². The number of ether oxygens (including phenoxy) is 1. The largest absolute Gasteiger partial charge is 0.480 e. The molecule has 0 spiro atoms. The van der Waals surface area contributed by atoms with E-state index in [1.54, 1.807) is 0 Å². The van der Waals surface area contributed by atoms with Crippen molar-refractivity contribution in [3.05, 3.63) is 81.9 Å². The van der Waals surface area contributed by atoms with Gasteiger partial charge in [0.2, 0.25) is 0 Å². The first-order valence-electron chi connectivity index (χ1n) is 13.4. The maximum Gasteiger partial charge on any atom is 0.433 e. The first kappa shape index (κ1) is 34.9. The van der Waals surface area contributed by atoms with Gasteiger partial charge in [-0.1, -0.05) is 6.92 Å². The highest BCUT2D eigenvalue weighted by Gasteiger charge is 2.41. The Kier molecular flexibility index (Phi) is 9.64. The lowest BCUT2D eigenvalue weighted by atomic mass is 10.1. The van der Waals surface area contributed by atoms with Crippen molar-refractivity contribution in [2.75, 3.05) is 6.26 Å². The zero-order chi connectivity index (χ0) is 34.2. The standard InChI is InChI=1S/C20H18F6N2O4S.C8H7F3N2/c1-3-17(20(24,25)26)32-15-5-4-13(33(2,30)31)7-14(15)18(29)28-9-11-6-16(19(21,22)23)27-8-12(11)10-28;9-8(10,11)7-1-5-2-12-3-6(5)4-13-7/h4-8,17H,3,9-10H2,1-2H3;1,4,12H,2-3H2. The van der Waals surface area contributed by atoms with Crippen LogP contribution in [0.5, 0.6) is 5.75 Å². The minimum atomic E-state index is -4.74. The number of halogens is 9. The number of pyridine rings is 2. The quantitative estimate of drug-likeness (QED) is 0.325. The second-order valence-electron chi connectivity index (χ2n) is 10.4. The lowest BCUT2D eigenvalue weighted by molar-refractivity contribution is -0.195. The Morgan fingerprint density at radius 3 is 1.96 bits per heavy atom. The van der Waals surface area contributed by atoms with Gasteiger partial charge < -0.3 is 15.0 Å². The number of hydrogen-bond donors (Lipinski definition) is 1. The van der Waals surface area contributed by atoms with Gasteiger partial charge in [0.05, 0.1) is 10.5 Å². The topological polar surface area (TPSA) is 101 Å². The van der Waals surface area contributed by atoms with Crippen molar-refractivity contribution in [3.63, 3.8) is 0 Å². The number of sulfone groups is 1. The molecule has 1 aromatic carbocycles. The first-order valence-corrected chi connectivity index (χ1v) is 15.2. The van der Waals surface area contributed by atoms with Crippen molar-refractivity contribution in [3.8, 4) is 5.75 Å². The van der Waals surface area contributed by atoms with E-state index in [1.165, 1.54) is 13.1 Å². The number of fused-ring (bicyclic) bond motifs is 2. The average molecular weight is 685 g/mol. The van der Waals surface area contributed by atoms with Crippen LogP contribution in [0, 0.1) is 0 Å². The molecule has 5 rings (SSSR count). The van der Waals surface area contributed by atoms with Gasteiger partial charge in [-0.05, 0) is 59.0 Å². The third-order valence-electron chi connectivity index (χ3n) is 7.00. The Bertz CT molecular complexity index is 1730. The molecule has 1 atom stereocenters. The number of carbonyl (C=O) groups excluding carboxylic acids is 1. The third-order valence-corrected chi connectivity index (χ3v) is 8.11. The summed E-state index contributed by atoms with van der Waals surface area (Å²) in [6, 6.07) is 4.78. The molecule has 2 aliphatic rings. The molecule has 0 bridgehead atoms. The molecule has 1 N–H and O–H groups in total. The van der Waals surface area contributed by atoms with E-state index in [0.29, 0.717) is 24.2 Å². The van der Waals surface area contributed by atoms with E-state index in [2.05, 4.69) is 15.3 Å². The number of aromatic nitrogens is 2. The molecule has 46 heavy (non-hydrogen) atoms. The zero-order valence-electron chi connectivity index (χ0n) is 23.9. The predicted molar refractivity (Wildman–Crippen MR) is 143 cm³/mol. The van der Waals surface area contributed by atoms with Gasteiger partial charge in [0, 0.05) is 44.8 Å². The number of alkyl halides is 9. The highest BCUT2D eigenvalue weighted by Crippen LogP contribution is 2.35. The normalized spacial score (nSPS) is 15.5. The van der Waals surface area contributed by atoms with E-state index in [0.717, 1.165) is 53.2 Å². The summed E-state index contributed by atoms with van der Waals surface area (Å²) in [4.78, 5) is 20.6. The van der Waals surface area contributed by atoms with Crippen LogP contribution in [0.15, 0.2) is 47.6 Å². The van der Waals surface area contributed by atoms with Crippen molar-refractivity contribution in [2.45, 2.75) is 69.1 Å². The molecule has 250 valence electrons. The number of nitrogens with zero attached hydrogens (tertiary/aromatic N) is 3. The fourth-order valence-electron chi connectivity index (χ4n) is 4.63. The van der Waals surface area contributed by atoms with Gasteiger partial charge >= 0.3 is 18.5 Å². The number of hydrogen-bond acceptors (Lipinski definition) is 7. The van der Waals surface area contributed by atoms with Crippen LogP contribution >= 0.6 is 0 Å². The van der Waals surface area contributed by atoms with Gasteiger partial charge in [0.1, 0.15) is 17.1 Å². The fourth-order valence-corrected chi connectivity index (χ4v) is 5.28. The zero-order valence-corrected chi connectivity index (χ0v) is 24.8. The van der Waals surface area contributed by atoms with E-state index in [9.17, 15) is 52.7 Å². The molecule has 0 aliphatic carbocycles. The van der Waals surface area contributed by atoms with Gasteiger partial charge in [0.25, 0.3) is 5.91 Å². The van der Waals surface area contributed by atoms with Crippen LogP contribution < -0.4 is 10.1 Å². The smallest absolute Gasteiger partial charge is 0.433 e. The second-order valence-corrected chi connectivity index (χ2v) is 12.4. The summed E-state index contributed by atoms with van der Waals surface area (Å²) < 4.78 is 144. The molecule has 0 radical (unpaired) electrons. The van der Waals surface area contributed by atoms with E-state index in [1.807, 2.05) is 0 Å². The Morgan fingerprint density at radius 1 is 0.870 bits per heavy atom. The molecule has 1 unspecified atom stereocenters. The lowest BCUT2D eigenvalue weighted by Gasteiger charge is -2.23. The first-order chi connectivity index (χ1) is 21.2. The molecular formula is C28H25F9N4O4S. The lowest BCUT2D eigenvalue weighted by Crippen LogP contribution is -2.34. The van der Waals surface area contributed by atoms with Gasteiger partial charge in [0.15, 0.2) is 15.9 Å². The predicted octanol–water partition coefficient (Wildman–Crippen LogP) is 6.08. The summed E-state index contributed by atoms with van der Waals surface area (Å²) >= 11 is 0. The number of amides is 1. The van der Waals surface area contributed by atoms with E-state index in [4.69, 9.17) is 4.74 Å². The molecule has 0 saturated carbocycles. The summed E-state index contributed by atoms with van der Waals surface area (Å²) in [6.07, 6.45) is -13.4. The number of nitrogens with one attached hydrogen (secondary N) is 1. The minimum absolute atomic E-state index is 0.154. The molecule has 8 nitrogen and oxygen atoms in total. The van der Waals surface area contributed by atoms with Gasteiger partial charge in [-0.3, -0.25) is 14.8 Å². The number of rotatable bonds is 5. The van der Waals surface area contributed by atoms with Gasteiger partial charge in [-0.25, -0.2) is 8.42 Å². The van der Waals surface area contributed by atoms with Crippen LogP contribution in [0.1, 0.15) is 57.3 Å². The van der Waals surface area contributed by atoms with Crippen LogP contribution in [0.4, 0.5) is 39.5 Å². The Labute approximate surface area is 256 Å². The summed E-state index contributed by atoms with van der Waals surface area (Å²) in [6.45, 7) is 1.92. The Morgan fingerprint density at radius 2 is 1.41 bits per heavy atom. The Balaban J connectivity index is 0.000000305. The molecular weight excluding hydrogens is 659 g/mol. The summed E-state index contributed by atoms with van der Waals surface area (Å²) in [5.41, 5.74) is -0.341. The average Bonchev–Trinajstić information content (AvgIpc) is 3.60. The highest BCUT2D eigenvalue weighted by atomic mass is 32.2. The molecule has 1 amide bonds. The van der Waals surface area contributed by atoms with Crippen LogP contribution in [-0.2, 0) is 48.4 Å². The van der Waals surface area contributed by atoms with Crippen LogP contribution in [0.2, 0.25) is 0 Å². The van der Waals surface area contributed by atoms with Crippen molar-refractivity contribution in [2.24, 2.45) is 0 Å². The third kappa shape index (κ3) is 8.07. The van der Waals surface area contributed by atoms with Crippen molar-refractivity contribution >= 4 is 15.7 Å². The van der Waals surface area contributed by atoms with E-state index < -0.39 is 69.5 Å². The summed E-state index contributed by atoms with van der Waals surface area (Å²) in [5.74, 6) is -1.38. The fraction of sp³-hybridized carbons (Fsp3) is 0.393. The maximum atomic E-state index is 13.2. The Hall–Kier alpha value is -3.93. The molecule has 2 aliphatic heterocycles. The van der Waals surface area contributed by atoms with E-state index in [-0.39, 0.29) is 23.5 Å². The summed E-state index contributed by atoms with van der Waals surface area (Å²) in [5, 5.41) is 2.96. The van der Waals surface area contributed by atoms with Crippen molar-refractivity contribution in [1.29, 1.82) is 0 Å². The molecule has 0 fully saturated rings. The minimum Gasteiger partial charge on any atom is -0.480 e. The highest BCUT2D eigenvalue weighted by molar-refractivity contribution is 7.90. The van der Waals surface area contributed by atoms with Gasteiger partial charge in [-0.2, -0.15) is 39.5 Å². The van der Waals surface area contributed by atoms with Gasteiger partial charge in [-0.15, -0.1) is 0 Å². The van der Waals surface area contributed by atoms with Crippen LogP contribution in [0.3, 0.4) is 0 Å². The van der Waals surface area contributed by atoms with Crippen molar-refractivity contribution < 1.29 is 57.5 Å². The molecule has 3 aromatic rings. The summed E-state index contributed by atoms with van der Waals surface area (Å²) in [7, 11) is -3.82. The number of carbonyl (C=O) groups is 1. The SMILES string of the molecule is CCC(Oc1ccc(S(C)(=O)=O)cc1C(=O)N1Cc2cnc(C(F)(F)F)cc2C1)C(F)(F)F.FC(F)(F)c1cc2c(cn1)CNC2. The molecule has 4 heterocycles. The molecule has 0 saturated heterocycles. The second kappa shape index (κ2) is 12.7. The van der Waals surface area contributed by atoms with Crippen LogP contribution in [-0.4, -0.2) is 47.7 Å². The molecule has 18 heteroatoms. The maximum absolute atomic E-state index is 13.2.